The van der Waals surface area contributed by atoms with Crippen molar-refractivity contribution in [1.82, 2.24) is 14.8 Å². The minimum Gasteiger partial charge on any atom is -0.369 e. The first-order valence-electron chi connectivity index (χ1n) is 9.17. The highest BCUT2D eigenvalue weighted by molar-refractivity contribution is 5.63. The molecule has 0 unspecified atom stereocenters. The number of likely N-dealkylation sites (N-methyl/N-ethyl adjacent to an activating group) is 2. The highest BCUT2D eigenvalue weighted by Crippen LogP contribution is 2.26. The summed E-state index contributed by atoms with van der Waals surface area (Å²) >= 11 is 0. The van der Waals surface area contributed by atoms with Gasteiger partial charge in [-0.25, -0.2) is 4.98 Å². The van der Waals surface area contributed by atoms with Gasteiger partial charge in [-0.3, -0.25) is 0 Å². The Kier molecular flexibility index (Phi) is 5.46. The molecule has 2 aliphatic heterocycles. The molecule has 0 spiro atoms. The van der Waals surface area contributed by atoms with E-state index in [0.717, 1.165) is 64.0 Å². The maximum absolute atomic E-state index is 4.89. The van der Waals surface area contributed by atoms with Gasteiger partial charge in [0, 0.05) is 76.2 Å². The summed E-state index contributed by atoms with van der Waals surface area (Å²) in [5.74, 6) is 2.11. The van der Waals surface area contributed by atoms with E-state index in [1.165, 1.54) is 5.69 Å². The summed E-state index contributed by atoms with van der Waals surface area (Å²) in [4.78, 5) is 14.6. The second-order valence-electron chi connectivity index (χ2n) is 7.45. The summed E-state index contributed by atoms with van der Waals surface area (Å²) in [7, 11) is 4.39. The van der Waals surface area contributed by atoms with E-state index in [2.05, 4.69) is 65.0 Å². The molecular weight excluding hydrogens is 300 g/mol. The highest BCUT2D eigenvalue weighted by Gasteiger charge is 2.20. The van der Waals surface area contributed by atoms with E-state index >= 15 is 0 Å². The van der Waals surface area contributed by atoms with Gasteiger partial charge in [-0.1, -0.05) is 0 Å². The lowest BCUT2D eigenvalue weighted by Crippen LogP contribution is -2.46. The molecule has 0 atom stereocenters. The van der Waals surface area contributed by atoms with Gasteiger partial charge in [-0.05, 0) is 27.9 Å². The molecule has 2 aliphatic rings. The van der Waals surface area contributed by atoms with Crippen molar-refractivity contribution in [2.75, 3.05) is 81.6 Å². The molecule has 0 saturated carbocycles. The van der Waals surface area contributed by atoms with Crippen LogP contribution in [0.2, 0.25) is 0 Å². The van der Waals surface area contributed by atoms with Gasteiger partial charge in [0.15, 0.2) is 0 Å². The average Bonchev–Trinajstić information content (AvgIpc) is 2.55. The third-order valence-corrected chi connectivity index (χ3v) is 4.93. The van der Waals surface area contributed by atoms with Crippen molar-refractivity contribution in [3.05, 3.63) is 12.1 Å². The fraction of sp³-hybridized carbons (Fsp3) is 0.722. The van der Waals surface area contributed by atoms with Crippen LogP contribution >= 0.6 is 0 Å². The third-order valence-electron chi connectivity index (χ3n) is 4.93. The summed E-state index contributed by atoms with van der Waals surface area (Å²) in [6.07, 6.45) is 0. The Labute approximate surface area is 146 Å². The molecule has 1 aromatic heterocycles. The van der Waals surface area contributed by atoms with Crippen molar-refractivity contribution in [2.45, 2.75) is 19.9 Å². The number of hydrogen-bond donors (Lipinski definition) is 1. The van der Waals surface area contributed by atoms with E-state index < -0.39 is 0 Å². The summed E-state index contributed by atoms with van der Waals surface area (Å²) < 4.78 is 0. The fourth-order valence-electron chi connectivity index (χ4n) is 3.32. The highest BCUT2D eigenvalue weighted by atomic mass is 15.3. The SMILES string of the molecule is CC(C)Nc1cc(N2CCN(C)CC2)cc(N2CCN(C)CC2)n1. The zero-order valence-electron chi connectivity index (χ0n) is 15.6. The van der Waals surface area contributed by atoms with Crippen LogP contribution in [0.5, 0.6) is 0 Å². The lowest BCUT2D eigenvalue weighted by molar-refractivity contribution is 0.311. The van der Waals surface area contributed by atoms with Crippen LogP contribution in [0.3, 0.4) is 0 Å². The van der Waals surface area contributed by atoms with Gasteiger partial charge in [0.05, 0.1) is 0 Å². The lowest BCUT2D eigenvalue weighted by Gasteiger charge is -2.36. The average molecular weight is 332 g/mol. The van der Waals surface area contributed by atoms with E-state index in [4.69, 9.17) is 4.98 Å². The van der Waals surface area contributed by atoms with Crippen LogP contribution in [0.25, 0.3) is 0 Å². The van der Waals surface area contributed by atoms with Gasteiger partial charge >= 0.3 is 0 Å². The van der Waals surface area contributed by atoms with Gasteiger partial charge in [0.2, 0.25) is 0 Å². The van der Waals surface area contributed by atoms with Gasteiger partial charge in [-0.15, -0.1) is 0 Å². The molecule has 3 rings (SSSR count). The zero-order valence-corrected chi connectivity index (χ0v) is 15.6. The van der Waals surface area contributed by atoms with Crippen LogP contribution < -0.4 is 15.1 Å². The Hall–Kier alpha value is -1.53. The molecule has 0 aliphatic carbocycles. The quantitative estimate of drug-likeness (QED) is 0.899. The number of rotatable bonds is 4. The van der Waals surface area contributed by atoms with Crippen LogP contribution in [0.1, 0.15) is 13.8 Å². The number of nitrogens with zero attached hydrogens (tertiary/aromatic N) is 5. The minimum absolute atomic E-state index is 0.389. The molecule has 6 heteroatoms. The Morgan fingerprint density at radius 3 is 1.92 bits per heavy atom. The number of pyridine rings is 1. The first-order valence-corrected chi connectivity index (χ1v) is 9.17. The largest absolute Gasteiger partial charge is 0.369 e. The molecule has 0 bridgehead atoms. The third kappa shape index (κ3) is 4.30. The van der Waals surface area contributed by atoms with Gasteiger partial charge in [-0.2, -0.15) is 0 Å². The van der Waals surface area contributed by atoms with Crippen molar-refractivity contribution in [3.63, 3.8) is 0 Å². The van der Waals surface area contributed by atoms with E-state index in [9.17, 15) is 0 Å². The molecule has 3 heterocycles. The Balaban J connectivity index is 1.83. The molecule has 2 fully saturated rings. The second-order valence-corrected chi connectivity index (χ2v) is 7.45. The Morgan fingerprint density at radius 2 is 1.38 bits per heavy atom. The van der Waals surface area contributed by atoms with Crippen LogP contribution in [0, 0.1) is 0 Å². The predicted molar refractivity (Wildman–Crippen MR) is 102 cm³/mol. The summed E-state index contributed by atoms with van der Waals surface area (Å²) in [5.41, 5.74) is 1.30. The molecule has 6 nitrogen and oxygen atoms in total. The van der Waals surface area contributed by atoms with E-state index in [0.29, 0.717) is 6.04 Å². The topological polar surface area (TPSA) is 37.9 Å². The number of hydrogen-bond acceptors (Lipinski definition) is 6. The van der Waals surface area contributed by atoms with E-state index in [1.807, 2.05) is 0 Å². The zero-order chi connectivity index (χ0) is 17.1. The number of aromatic nitrogens is 1. The first kappa shape index (κ1) is 17.3. The molecule has 2 saturated heterocycles. The van der Waals surface area contributed by atoms with Crippen molar-refractivity contribution in [1.29, 1.82) is 0 Å². The van der Waals surface area contributed by atoms with Crippen LogP contribution in [0.15, 0.2) is 12.1 Å². The standard InChI is InChI=1S/C18H32N6/c1-15(2)19-17-13-16(23-9-5-21(3)6-10-23)14-18(20-17)24-11-7-22(4)8-12-24/h13-15H,5-12H2,1-4H3,(H,19,20). The summed E-state index contributed by atoms with van der Waals surface area (Å²) in [6, 6.07) is 4.88. The molecule has 0 radical (unpaired) electrons. The molecule has 0 amide bonds. The lowest BCUT2D eigenvalue weighted by atomic mass is 10.2. The van der Waals surface area contributed by atoms with E-state index in [-0.39, 0.29) is 0 Å². The smallest absolute Gasteiger partial charge is 0.133 e. The Bertz CT molecular complexity index is 490. The van der Waals surface area contributed by atoms with Crippen LogP contribution in [-0.4, -0.2) is 87.3 Å². The normalized spacial score (nSPS) is 20.7. The molecule has 1 aromatic rings. The maximum atomic E-state index is 4.89. The molecule has 0 aromatic carbocycles. The molecule has 134 valence electrons. The molecular formula is C18H32N6. The van der Waals surface area contributed by atoms with Crippen molar-refractivity contribution < 1.29 is 0 Å². The first-order chi connectivity index (χ1) is 11.5. The molecule has 1 N–H and O–H groups in total. The van der Waals surface area contributed by atoms with Gasteiger partial charge in [0.1, 0.15) is 11.6 Å². The van der Waals surface area contributed by atoms with Crippen LogP contribution in [0.4, 0.5) is 17.3 Å². The van der Waals surface area contributed by atoms with Crippen molar-refractivity contribution in [2.24, 2.45) is 0 Å². The van der Waals surface area contributed by atoms with Crippen molar-refractivity contribution in [3.8, 4) is 0 Å². The number of piperazine rings is 2. The predicted octanol–water partition coefficient (Wildman–Crippen LogP) is 1.41. The number of nitrogens with one attached hydrogen (secondary N) is 1. The number of anilines is 3. The Morgan fingerprint density at radius 1 is 0.833 bits per heavy atom. The maximum Gasteiger partial charge on any atom is 0.133 e. The van der Waals surface area contributed by atoms with Crippen molar-refractivity contribution >= 4 is 17.3 Å². The van der Waals surface area contributed by atoms with Gasteiger partial charge in [0.25, 0.3) is 0 Å². The fourth-order valence-corrected chi connectivity index (χ4v) is 3.32. The monoisotopic (exact) mass is 332 g/mol. The minimum atomic E-state index is 0.389. The summed E-state index contributed by atoms with van der Waals surface area (Å²) in [5, 5.41) is 3.50. The van der Waals surface area contributed by atoms with Gasteiger partial charge < -0.3 is 24.9 Å². The van der Waals surface area contributed by atoms with E-state index in [1.54, 1.807) is 0 Å². The summed E-state index contributed by atoms with van der Waals surface area (Å²) in [6.45, 7) is 13.1. The van der Waals surface area contributed by atoms with Crippen LogP contribution in [-0.2, 0) is 0 Å². The molecule has 24 heavy (non-hydrogen) atoms. The second kappa shape index (κ2) is 7.57.